The second kappa shape index (κ2) is 16.2. The number of hydrogen-bond donors (Lipinski definition) is 5. The maximum absolute atomic E-state index is 12.3. The van der Waals surface area contributed by atoms with E-state index in [1.54, 1.807) is 29.4 Å². The highest BCUT2D eigenvalue weighted by Gasteiger charge is 2.32. The van der Waals surface area contributed by atoms with Gasteiger partial charge < -0.3 is 25.2 Å². The summed E-state index contributed by atoms with van der Waals surface area (Å²) in [5.74, 6) is -0.0437. The SMILES string of the molecule is CC(=O)Nc1ccc(SC[C@@H]2C[C@H](c3ccc(CO)cc3)O[C@H](c3ccc(NC(=O)CCCCC(=O)NO)cc3)O2)cc1. The molecular weight excluding hydrogens is 570 g/mol. The van der Waals surface area contributed by atoms with Crippen molar-refractivity contribution in [2.24, 2.45) is 0 Å². The molecule has 228 valence electrons. The van der Waals surface area contributed by atoms with Gasteiger partial charge in [-0.1, -0.05) is 36.4 Å². The molecule has 1 fully saturated rings. The van der Waals surface area contributed by atoms with Crippen LogP contribution in [0.25, 0.3) is 0 Å². The number of carbonyl (C=O) groups is 3. The number of thioether (sulfide) groups is 1. The Kier molecular flexibility index (Phi) is 12.1. The Hall–Kier alpha value is -3.74. The zero-order valence-corrected chi connectivity index (χ0v) is 24.8. The quantitative estimate of drug-likeness (QED) is 0.0743. The molecule has 0 spiro atoms. The molecule has 1 saturated heterocycles. The van der Waals surface area contributed by atoms with Crippen LogP contribution in [0.5, 0.6) is 0 Å². The lowest BCUT2D eigenvalue weighted by Gasteiger charge is -2.36. The van der Waals surface area contributed by atoms with Crippen LogP contribution in [0.1, 0.15) is 68.1 Å². The predicted molar refractivity (Wildman–Crippen MR) is 163 cm³/mol. The van der Waals surface area contributed by atoms with Gasteiger partial charge in [0, 0.05) is 53.8 Å². The molecule has 1 aliphatic rings. The third kappa shape index (κ3) is 10.2. The third-order valence-corrected chi connectivity index (χ3v) is 8.02. The van der Waals surface area contributed by atoms with E-state index in [2.05, 4.69) is 10.6 Å². The van der Waals surface area contributed by atoms with Crippen molar-refractivity contribution in [3.63, 3.8) is 0 Å². The van der Waals surface area contributed by atoms with Crippen LogP contribution in [0, 0.1) is 0 Å². The summed E-state index contributed by atoms with van der Waals surface area (Å²) in [6, 6.07) is 22.8. The third-order valence-electron chi connectivity index (χ3n) is 6.87. The number of amides is 3. The Labute approximate surface area is 255 Å². The van der Waals surface area contributed by atoms with Gasteiger partial charge in [0.2, 0.25) is 17.7 Å². The van der Waals surface area contributed by atoms with E-state index >= 15 is 0 Å². The number of hydrogen-bond acceptors (Lipinski definition) is 8. The van der Waals surface area contributed by atoms with E-state index < -0.39 is 12.2 Å². The van der Waals surface area contributed by atoms with Crippen LogP contribution in [0.15, 0.2) is 77.7 Å². The summed E-state index contributed by atoms with van der Waals surface area (Å²) in [5.41, 5.74) is 5.62. The number of anilines is 2. The molecule has 1 heterocycles. The van der Waals surface area contributed by atoms with Gasteiger partial charge in [0.1, 0.15) is 0 Å². The van der Waals surface area contributed by atoms with Gasteiger partial charge in [-0.3, -0.25) is 19.6 Å². The molecule has 0 saturated carbocycles. The van der Waals surface area contributed by atoms with Crippen molar-refractivity contribution in [1.29, 1.82) is 0 Å². The standard InChI is InChI=1S/C32H37N3O7S/c1-21(37)33-25-14-16-28(17-15-25)43-20-27-18-29(23-8-6-22(19-36)7-9-23)42-32(41-27)24-10-12-26(13-11-24)34-30(38)4-2-3-5-31(39)35-40/h6-17,27,29,32,36,40H,2-5,18-20H2,1H3,(H,33,37)(H,34,38)(H,35,39)/t27-,29+,32+/m0/s1. The Morgan fingerprint density at radius 2 is 1.42 bits per heavy atom. The molecule has 0 aliphatic carbocycles. The Balaban J connectivity index is 1.39. The lowest BCUT2D eigenvalue weighted by molar-refractivity contribution is -0.245. The van der Waals surface area contributed by atoms with E-state index in [4.69, 9.17) is 14.7 Å². The second-order valence-electron chi connectivity index (χ2n) is 10.3. The molecule has 3 atom stereocenters. The van der Waals surface area contributed by atoms with E-state index in [0.29, 0.717) is 30.7 Å². The van der Waals surface area contributed by atoms with Crippen molar-refractivity contribution in [3.05, 3.63) is 89.5 Å². The number of carbonyl (C=O) groups excluding carboxylic acids is 3. The molecule has 3 amide bonds. The summed E-state index contributed by atoms with van der Waals surface area (Å²) in [4.78, 5) is 35.8. The van der Waals surface area contributed by atoms with Crippen LogP contribution in [0.4, 0.5) is 11.4 Å². The maximum Gasteiger partial charge on any atom is 0.243 e. The Bertz CT molecular complexity index is 1350. The van der Waals surface area contributed by atoms with Gasteiger partial charge in [-0.05, 0) is 60.4 Å². The first-order valence-corrected chi connectivity index (χ1v) is 15.2. The first kappa shape index (κ1) is 32.2. The van der Waals surface area contributed by atoms with E-state index in [1.807, 2.05) is 60.7 Å². The molecule has 0 aromatic heterocycles. The second-order valence-corrected chi connectivity index (χ2v) is 11.4. The lowest BCUT2D eigenvalue weighted by Crippen LogP contribution is -2.31. The minimum atomic E-state index is -0.619. The van der Waals surface area contributed by atoms with Crippen molar-refractivity contribution in [1.82, 2.24) is 5.48 Å². The van der Waals surface area contributed by atoms with Crippen molar-refractivity contribution >= 4 is 40.9 Å². The van der Waals surface area contributed by atoms with Crippen molar-refractivity contribution in [2.45, 2.75) is 69.0 Å². The number of nitrogens with one attached hydrogen (secondary N) is 3. The van der Waals surface area contributed by atoms with E-state index in [9.17, 15) is 19.5 Å². The molecule has 43 heavy (non-hydrogen) atoms. The number of aliphatic hydroxyl groups is 1. The van der Waals surface area contributed by atoms with Gasteiger partial charge in [-0.15, -0.1) is 11.8 Å². The average molecular weight is 608 g/mol. The highest BCUT2D eigenvalue weighted by molar-refractivity contribution is 7.99. The first-order chi connectivity index (χ1) is 20.8. The normalized spacial score (nSPS) is 18.1. The number of benzene rings is 3. The highest BCUT2D eigenvalue weighted by atomic mass is 32.2. The summed E-state index contributed by atoms with van der Waals surface area (Å²) < 4.78 is 12.8. The molecule has 3 aromatic rings. The molecule has 10 nitrogen and oxygen atoms in total. The topological polar surface area (TPSA) is 146 Å². The molecule has 5 N–H and O–H groups in total. The first-order valence-electron chi connectivity index (χ1n) is 14.2. The van der Waals surface area contributed by atoms with Gasteiger partial charge in [0.05, 0.1) is 18.8 Å². The molecule has 0 radical (unpaired) electrons. The van der Waals surface area contributed by atoms with E-state index in [1.165, 1.54) is 6.92 Å². The van der Waals surface area contributed by atoms with Gasteiger partial charge in [0.25, 0.3) is 0 Å². The van der Waals surface area contributed by atoms with Crippen LogP contribution < -0.4 is 16.1 Å². The zero-order chi connectivity index (χ0) is 30.6. The van der Waals surface area contributed by atoms with Gasteiger partial charge in [0.15, 0.2) is 6.29 Å². The van der Waals surface area contributed by atoms with Crippen LogP contribution in [-0.2, 0) is 30.5 Å². The number of aliphatic hydroxyl groups excluding tert-OH is 1. The maximum atomic E-state index is 12.3. The fraction of sp³-hybridized carbons (Fsp3) is 0.344. The molecule has 0 unspecified atom stereocenters. The van der Waals surface area contributed by atoms with Gasteiger partial charge in [-0.25, -0.2) is 5.48 Å². The molecule has 0 bridgehead atoms. The van der Waals surface area contributed by atoms with Crippen LogP contribution in [0.3, 0.4) is 0 Å². The minimum Gasteiger partial charge on any atom is -0.392 e. The van der Waals surface area contributed by atoms with Crippen LogP contribution in [-0.4, -0.2) is 39.9 Å². The lowest BCUT2D eigenvalue weighted by atomic mass is 10.0. The largest absolute Gasteiger partial charge is 0.392 e. The average Bonchev–Trinajstić information content (AvgIpc) is 3.02. The fourth-order valence-corrected chi connectivity index (χ4v) is 5.55. The fourth-order valence-electron chi connectivity index (χ4n) is 4.62. The number of rotatable bonds is 13. The monoisotopic (exact) mass is 607 g/mol. The Morgan fingerprint density at radius 3 is 2.05 bits per heavy atom. The number of ether oxygens (including phenoxy) is 2. The predicted octanol–water partition coefficient (Wildman–Crippen LogP) is 5.48. The minimum absolute atomic E-state index is 0.0265. The molecule has 3 aromatic carbocycles. The summed E-state index contributed by atoms with van der Waals surface area (Å²) in [7, 11) is 0. The van der Waals surface area contributed by atoms with Crippen molar-refractivity contribution in [3.8, 4) is 0 Å². The smallest absolute Gasteiger partial charge is 0.243 e. The van der Waals surface area contributed by atoms with Crippen molar-refractivity contribution in [2.75, 3.05) is 16.4 Å². The van der Waals surface area contributed by atoms with Crippen molar-refractivity contribution < 1.29 is 34.2 Å². The molecule has 11 heteroatoms. The zero-order valence-electron chi connectivity index (χ0n) is 24.0. The highest BCUT2D eigenvalue weighted by Crippen LogP contribution is 2.39. The van der Waals surface area contributed by atoms with E-state index in [0.717, 1.165) is 27.3 Å². The summed E-state index contributed by atoms with van der Waals surface area (Å²) in [6.07, 6.45) is 1.16. The summed E-state index contributed by atoms with van der Waals surface area (Å²) >= 11 is 1.67. The van der Waals surface area contributed by atoms with Gasteiger partial charge >= 0.3 is 0 Å². The summed E-state index contributed by atoms with van der Waals surface area (Å²) in [5, 5.41) is 23.6. The Morgan fingerprint density at radius 1 is 0.814 bits per heavy atom. The summed E-state index contributed by atoms with van der Waals surface area (Å²) in [6.45, 7) is 1.45. The number of unbranched alkanes of at least 4 members (excludes halogenated alkanes) is 1. The molecular formula is C32H37N3O7S. The molecule has 4 rings (SSSR count). The van der Waals surface area contributed by atoms with Gasteiger partial charge in [-0.2, -0.15) is 0 Å². The number of hydroxylamine groups is 1. The van der Waals surface area contributed by atoms with E-state index in [-0.39, 0.29) is 43.5 Å². The molecule has 1 aliphatic heterocycles. The van der Waals surface area contributed by atoms with Crippen LogP contribution in [0.2, 0.25) is 0 Å². The van der Waals surface area contributed by atoms with Crippen LogP contribution >= 0.6 is 11.8 Å².